The number of aliphatic hydroxyl groups excluding tert-OH is 1. The predicted octanol–water partition coefficient (Wildman–Crippen LogP) is 1.73. The zero-order valence-electron chi connectivity index (χ0n) is 10.9. The van der Waals surface area contributed by atoms with Crippen LogP contribution >= 0.6 is 0 Å². The van der Waals surface area contributed by atoms with Gasteiger partial charge in [-0.3, -0.25) is 10.1 Å². The van der Waals surface area contributed by atoms with Gasteiger partial charge in [-0.15, -0.1) is 6.58 Å². The van der Waals surface area contributed by atoms with Gasteiger partial charge in [0.15, 0.2) is 0 Å². The van der Waals surface area contributed by atoms with Crippen molar-refractivity contribution in [1.29, 1.82) is 0 Å². The number of ether oxygens (including phenoxy) is 1. The summed E-state index contributed by atoms with van der Waals surface area (Å²) in [5.41, 5.74) is 1.25. The minimum absolute atomic E-state index is 0.0295. The number of non-ortho nitro benzene ring substituents is 1. The average molecular weight is 266 g/mol. The molecule has 0 heterocycles. The van der Waals surface area contributed by atoms with Crippen LogP contribution in [-0.2, 0) is 11.3 Å². The summed E-state index contributed by atoms with van der Waals surface area (Å²) in [4.78, 5) is 12.2. The van der Waals surface area contributed by atoms with Crippen molar-refractivity contribution >= 4 is 11.4 Å². The van der Waals surface area contributed by atoms with Gasteiger partial charge in [0, 0.05) is 43.6 Å². The summed E-state index contributed by atoms with van der Waals surface area (Å²) in [6.07, 6.45) is 1.73. The van der Waals surface area contributed by atoms with Crippen LogP contribution in [0.15, 0.2) is 30.9 Å². The summed E-state index contributed by atoms with van der Waals surface area (Å²) >= 11 is 0. The second-order valence-corrected chi connectivity index (χ2v) is 3.96. The first kappa shape index (κ1) is 15.1. The zero-order valence-corrected chi connectivity index (χ0v) is 10.9. The maximum absolute atomic E-state index is 10.7. The van der Waals surface area contributed by atoms with E-state index < -0.39 is 4.92 Å². The third kappa shape index (κ3) is 4.04. The van der Waals surface area contributed by atoms with Gasteiger partial charge in [-0.2, -0.15) is 0 Å². The lowest BCUT2D eigenvalue weighted by Crippen LogP contribution is -2.28. The number of hydrogen-bond donors (Lipinski definition) is 1. The minimum Gasteiger partial charge on any atom is -0.392 e. The van der Waals surface area contributed by atoms with Crippen molar-refractivity contribution in [3.05, 3.63) is 46.5 Å². The first-order valence-corrected chi connectivity index (χ1v) is 5.87. The van der Waals surface area contributed by atoms with Crippen LogP contribution in [-0.4, -0.2) is 36.8 Å². The predicted molar refractivity (Wildman–Crippen MR) is 73.3 cm³/mol. The highest BCUT2D eigenvalue weighted by Crippen LogP contribution is 2.25. The smallest absolute Gasteiger partial charge is 0.269 e. The van der Waals surface area contributed by atoms with Crippen LogP contribution in [0.1, 0.15) is 5.56 Å². The SMILES string of the molecule is C=CCN(CCOC)c1ccc([N+](=O)[O-])cc1CO. The molecule has 0 aliphatic carbocycles. The number of anilines is 1. The largest absolute Gasteiger partial charge is 0.392 e. The molecule has 1 rings (SSSR count). The Balaban J connectivity index is 3.06. The molecule has 1 N–H and O–H groups in total. The number of hydrogen-bond acceptors (Lipinski definition) is 5. The molecule has 0 aliphatic rings. The first-order valence-electron chi connectivity index (χ1n) is 5.87. The standard InChI is InChI=1S/C13H18N2O4/c1-3-6-14(7-8-19-2)13-5-4-12(15(17)18)9-11(13)10-16/h3-5,9,16H,1,6-8,10H2,2H3. The van der Waals surface area contributed by atoms with Crippen molar-refractivity contribution in [2.45, 2.75) is 6.61 Å². The molecule has 19 heavy (non-hydrogen) atoms. The van der Waals surface area contributed by atoms with Gasteiger partial charge in [0.25, 0.3) is 5.69 Å². The molecule has 6 heteroatoms. The molecule has 0 aromatic heterocycles. The van der Waals surface area contributed by atoms with E-state index in [1.54, 1.807) is 19.3 Å². The van der Waals surface area contributed by atoms with Crippen molar-refractivity contribution in [3.63, 3.8) is 0 Å². The highest BCUT2D eigenvalue weighted by molar-refractivity contribution is 5.58. The van der Waals surface area contributed by atoms with Crippen LogP contribution in [0, 0.1) is 10.1 Å². The molecule has 104 valence electrons. The molecule has 1 aromatic carbocycles. The topological polar surface area (TPSA) is 75.8 Å². The summed E-state index contributed by atoms with van der Waals surface area (Å²) in [6, 6.07) is 4.46. The molecule has 1 aromatic rings. The molecule has 0 bridgehead atoms. The Bertz CT molecular complexity index is 448. The maximum Gasteiger partial charge on any atom is 0.269 e. The van der Waals surface area contributed by atoms with Gasteiger partial charge in [0.2, 0.25) is 0 Å². The molecule has 0 saturated heterocycles. The van der Waals surface area contributed by atoms with Crippen LogP contribution in [0.25, 0.3) is 0 Å². The molecule has 6 nitrogen and oxygen atoms in total. The number of nitro benzene ring substituents is 1. The molecule has 0 atom stereocenters. The van der Waals surface area contributed by atoms with E-state index in [2.05, 4.69) is 6.58 Å². The Labute approximate surface area is 112 Å². The van der Waals surface area contributed by atoms with Gasteiger partial charge < -0.3 is 14.7 Å². The average Bonchev–Trinajstić information content (AvgIpc) is 2.42. The molecule has 0 radical (unpaired) electrons. The molecular formula is C13H18N2O4. The third-order valence-electron chi connectivity index (χ3n) is 2.70. The second-order valence-electron chi connectivity index (χ2n) is 3.96. The van der Waals surface area contributed by atoms with Crippen LogP contribution in [0.2, 0.25) is 0 Å². The fourth-order valence-electron chi connectivity index (χ4n) is 1.79. The molecular weight excluding hydrogens is 248 g/mol. The molecule has 0 spiro atoms. The Morgan fingerprint density at radius 3 is 2.84 bits per heavy atom. The highest BCUT2D eigenvalue weighted by atomic mass is 16.6. The second kappa shape index (κ2) is 7.50. The van der Waals surface area contributed by atoms with Gasteiger partial charge in [-0.25, -0.2) is 0 Å². The van der Waals surface area contributed by atoms with E-state index in [1.807, 2.05) is 4.90 Å². The summed E-state index contributed by atoms with van der Waals surface area (Å²) < 4.78 is 5.03. The number of benzene rings is 1. The van der Waals surface area contributed by atoms with E-state index >= 15 is 0 Å². The van der Waals surface area contributed by atoms with Crippen molar-refractivity contribution in [3.8, 4) is 0 Å². The van der Waals surface area contributed by atoms with Gasteiger partial charge in [-0.05, 0) is 6.07 Å². The van der Waals surface area contributed by atoms with E-state index in [0.29, 0.717) is 25.3 Å². The number of nitrogens with zero attached hydrogens (tertiary/aromatic N) is 2. The Kier molecular flexibility index (Phi) is 5.98. The van der Waals surface area contributed by atoms with Gasteiger partial charge in [-0.1, -0.05) is 6.08 Å². The lowest BCUT2D eigenvalue weighted by molar-refractivity contribution is -0.384. The van der Waals surface area contributed by atoms with Crippen molar-refractivity contribution in [1.82, 2.24) is 0 Å². The number of methoxy groups -OCH3 is 1. The van der Waals surface area contributed by atoms with Crippen LogP contribution in [0.3, 0.4) is 0 Å². The van der Waals surface area contributed by atoms with Gasteiger partial charge >= 0.3 is 0 Å². The molecule has 0 amide bonds. The van der Waals surface area contributed by atoms with Crippen molar-refractivity contribution < 1.29 is 14.8 Å². The van der Waals surface area contributed by atoms with E-state index in [1.165, 1.54) is 12.1 Å². The highest BCUT2D eigenvalue weighted by Gasteiger charge is 2.14. The van der Waals surface area contributed by atoms with E-state index in [-0.39, 0.29) is 12.3 Å². The summed E-state index contributed by atoms with van der Waals surface area (Å²) in [6.45, 7) is 5.15. The summed E-state index contributed by atoms with van der Waals surface area (Å²) in [5, 5.41) is 20.1. The molecule has 0 fully saturated rings. The van der Waals surface area contributed by atoms with Crippen LogP contribution in [0.4, 0.5) is 11.4 Å². The van der Waals surface area contributed by atoms with Gasteiger partial charge in [0.05, 0.1) is 18.1 Å². The fourth-order valence-corrected chi connectivity index (χ4v) is 1.79. The molecule has 0 aliphatic heterocycles. The van der Waals surface area contributed by atoms with E-state index in [0.717, 1.165) is 5.69 Å². The van der Waals surface area contributed by atoms with Crippen molar-refractivity contribution in [2.75, 3.05) is 31.7 Å². The number of aliphatic hydroxyl groups is 1. The van der Waals surface area contributed by atoms with Crippen LogP contribution in [0.5, 0.6) is 0 Å². The molecule has 0 saturated carbocycles. The van der Waals surface area contributed by atoms with Crippen LogP contribution < -0.4 is 4.90 Å². The zero-order chi connectivity index (χ0) is 14.3. The quantitative estimate of drug-likeness (QED) is 0.440. The maximum atomic E-state index is 10.7. The molecule has 0 unspecified atom stereocenters. The minimum atomic E-state index is -0.476. The lowest BCUT2D eigenvalue weighted by atomic mass is 10.1. The Hall–Kier alpha value is -1.92. The normalized spacial score (nSPS) is 10.2. The Morgan fingerprint density at radius 1 is 1.58 bits per heavy atom. The number of nitro groups is 1. The van der Waals surface area contributed by atoms with E-state index in [4.69, 9.17) is 4.74 Å². The number of rotatable bonds is 8. The Morgan fingerprint density at radius 2 is 2.32 bits per heavy atom. The lowest BCUT2D eigenvalue weighted by Gasteiger charge is -2.25. The van der Waals surface area contributed by atoms with Crippen molar-refractivity contribution in [2.24, 2.45) is 0 Å². The fraction of sp³-hybridized carbons (Fsp3) is 0.385. The van der Waals surface area contributed by atoms with E-state index in [9.17, 15) is 15.2 Å². The third-order valence-corrected chi connectivity index (χ3v) is 2.70. The monoisotopic (exact) mass is 266 g/mol. The van der Waals surface area contributed by atoms with Gasteiger partial charge in [0.1, 0.15) is 0 Å². The first-order chi connectivity index (χ1) is 9.13. The summed E-state index contributed by atoms with van der Waals surface area (Å²) in [7, 11) is 1.61. The summed E-state index contributed by atoms with van der Waals surface area (Å²) in [5.74, 6) is 0.